The number of anilines is 1. The Hall–Kier alpha value is -2.28. The van der Waals surface area contributed by atoms with Crippen LogP contribution < -0.4 is 5.73 Å². The quantitative estimate of drug-likeness (QED) is 0.830. The van der Waals surface area contributed by atoms with Gasteiger partial charge in [-0.3, -0.25) is 0 Å². The Morgan fingerprint density at radius 3 is 2.56 bits per heavy atom. The van der Waals surface area contributed by atoms with E-state index in [2.05, 4.69) is 11.2 Å². The molecule has 0 unspecified atom stereocenters. The molecule has 1 aromatic heterocycles. The molecule has 0 aliphatic carbocycles. The maximum absolute atomic E-state index is 8.69. The van der Waals surface area contributed by atoms with Crippen LogP contribution in [0.3, 0.4) is 0 Å². The Bertz CT molecular complexity index is 534. The zero-order chi connectivity index (χ0) is 11.5. The SMILES string of the molecule is CCc1noc(-c2ccc(C#N)cc2)c1N. The van der Waals surface area contributed by atoms with Crippen molar-refractivity contribution in [2.45, 2.75) is 13.3 Å². The van der Waals surface area contributed by atoms with Gasteiger partial charge in [-0.2, -0.15) is 5.26 Å². The fourth-order valence-electron chi connectivity index (χ4n) is 1.49. The van der Waals surface area contributed by atoms with Crippen molar-refractivity contribution in [1.82, 2.24) is 5.16 Å². The highest BCUT2D eigenvalue weighted by Gasteiger charge is 2.12. The first-order chi connectivity index (χ1) is 7.76. The monoisotopic (exact) mass is 213 g/mol. The largest absolute Gasteiger partial charge is 0.394 e. The first-order valence-corrected chi connectivity index (χ1v) is 5.00. The fourth-order valence-corrected chi connectivity index (χ4v) is 1.49. The number of aromatic nitrogens is 1. The summed E-state index contributed by atoms with van der Waals surface area (Å²) in [6.07, 6.45) is 0.742. The number of nitrogens with zero attached hydrogens (tertiary/aromatic N) is 2. The third kappa shape index (κ3) is 1.63. The van der Waals surface area contributed by atoms with Crippen molar-refractivity contribution < 1.29 is 4.52 Å². The van der Waals surface area contributed by atoms with E-state index in [1.807, 2.05) is 6.92 Å². The summed E-state index contributed by atoms with van der Waals surface area (Å²) in [6.45, 7) is 1.97. The topological polar surface area (TPSA) is 75.8 Å². The molecule has 1 aromatic carbocycles. The predicted molar refractivity (Wildman–Crippen MR) is 60.4 cm³/mol. The van der Waals surface area contributed by atoms with Crippen molar-refractivity contribution in [3.05, 3.63) is 35.5 Å². The van der Waals surface area contributed by atoms with Crippen LogP contribution in [-0.2, 0) is 6.42 Å². The molecule has 0 atom stereocenters. The summed E-state index contributed by atoms with van der Waals surface area (Å²) >= 11 is 0. The number of nitrogen functional groups attached to an aromatic ring is 1. The van der Waals surface area contributed by atoms with E-state index in [1.54, 1.807) is 24.3 Å². The zero-order valence-electron chi connectivity index (χ0n) is 8.90. The maximum atomic E-state index is 8.69. The Labute approximate surface area is 93.3 Å². The second-order valence-corrected chi connectivity index (χ2v) is 3.41. The van der Waals surface area contributed by atoms with Crippen LogP contribution in [-0.4, -0.2) is 5.16 Å². The number of aryl methyl sites for hydroxylation is 1. The first kappa shape index (κ1) is 10.2. The molecule has 0 amide bonds. The Kier molecular flexibility index (Phi) is 2.61. The summed E-state index contributed by atoms with van der Waals surface area (Å²) in [5.41, 5.74) is 8.68. The average molecular weight is 213 g/mol. The highest BCUT2D eigenvalue weighted by molar-refractivity contribution is 5.72. The lowest BCUT2D eigenvalue weighted by atomic mass is 10.1. The molecule has 2 N–H and O–H groups in total. The highest BCUT2D eigenvalue weighted by atomic mass is 16.5. The van der Waals surface area contributed by atoms with Crippen LogP contribution in [0.2, 0.25) is 0 Å². The van der Waals surface area contributed by atoms with Gasteiger partial charge < -0.3 is 10.3 Å². The second-order valence-electron chi connectivity index (χ2n) is 3.41. The minimum atomic E-state index is 0.571. The van der Waals surface area contributed by atoms with Gasteiger partial charge in [-0.05, 0) is 30.7 Å². The van der Waals surface area contributed by atoms with Crippen molar-refractivity contribution in [2.75, 3.05) is 5.73 Å². The van der Waals surface area contributed by atoms with E-state index < -0.39 is 0 Å². The summed E-state index contributed by atoms with van der Waals surface area (Å²) in [4.78, 5) is 0. The summed E-state index contributed by atoms with van der Waals surface area (Å²) in [7, 11) is 0. The highest BCUT2D eigenvalue weighted by Crippen LogP contribution is 2.28. The van der Waals surface area contributed by atoms with Gasteiger partial charge in [0, 0.05) is 5.56 Å². The lowest BCUT2D eigenvalue weighted by Crippen LogP contribution is -1.91. The van der Waals surface area contributed by atoms with Crippen LogP contribution in [0.25, 0.3) is 11.3 Å². The molecule has 0 aliphatic rings. The van der Waals surface area contributed by atoms with Crippen LogP contribution in [0.15, 0.2) is 28.8 Å². The molecule has 4 nitrogen and oxygen atoms in total. The van der Waals surface area contributed by atoms with Crippen LogP contribution in [0.4, 0.5) is 5.69 Å². The van der Waals surface area contributed by atoms with E-state index in [-0.39, 0.29) is 0 Å². The minimum absolute atomic E-state index is 0.571. The third-order valence-electron chi connectivity index (χ3n) is 2.41. The molecular formula is C12H11N3O. The summed E-state index contributed by atoms with van der Waals surface area (Å²) < 4.78 is 5.19. The van der Waals surface area contributed by atoms with E-state index in [0.717, 1.165) is 17.7 Å². The molecule has 0 saturated heterocycles. The summed E-state index contributed by atoms with van der Waals surface area (Å²) in [5.74, 6) is 0.571. The molecule has 4 heteroatoms. The van der Waals surface area contributed by atoms with Crippen LogP contribution in [0, 0.1) is 11.3 Å². The Balaban J connectivity index is 2.43. The molecule has 1 heterocycles. The maximum Gasteiger partial charge on any atom is 0.190 e. The van der Waals surface area contributed by atoms with Crippen molar-refractivity contribution >= 4 is 5.69 Å². The van der Waals surface area contributed by atoms with E-state index in [0.29, 0.717) is 17.0 Å². The van der Waals surface area contributed by atoms with Crippen LogP contribution >= 0.6 is 0 Å². The molecule has 0 aliphatic heterocycles. The molecule has 2 aromatic rings. The number of rotatable bonds is 2. The van der Waals surface area contributed by atoms with E-state index >= 15 is 0 Å². The molecule has 80 valence electrons. The summed E-state index contributed by atoms with van der Waals surface area (Å²) in [5, 5.41) is 12.6. The van der Waals surface area contributed by atoms with Gasteiger partial charge in [0.15, 0.2) is 5.76 Å². The van der Waals surface area contributed by atoms with Gasteiger partial charge in [0.1, 0.15) is 11.4 Å². The predicted octanol–water partition coefficient (Wildman–Crippen LogP) is 2.36. The smallest absolute Gasteiger partial charge is 0.190 e. The van der Waals surface area contributed by atoms with Gasteiger partial charge in [-0.25, -0.2) is 0 Å². The van der Waals surface area contributed by atoms with Crippen LogP contribution in [0.1, 0.15) is 18.2 Å². The molecule has 2 rings (SSSR count). The van der Waals surface area contributed by atoms with E-state index in [4.69, 9.17) is 15.5 Å². The second kappa shape index (κ2) is 4.07. The van der Waals surface area contributed by atoms with Crippen molar-refractivity contribution in [2.24, 2.45) is 0 Å². The normalized spacial score (nSPS) is 10.0. The van der Waals surface area contributed by atoms with Gasteiger partial charge in [0.25, 0.3) is 0 Å². The minimum Gasteiger partial charge on any atom is -0.394 e. The standard InChI is InChI=1S/C12H11N3O/c1-2-10-11(14)12(16-15-10)9-5-3-8(7-13)4-6-9/h3-6H,2,14H2,1H3. The number of hydrogen-bond acceptors (Lipinski definition) is 4. The van der Waals surface area contributed by atoms with Gasteiger partial charge in [-0.15, -0.1) is 0 Å². The van der Waals surface area contributed by atoms with E-state index in [1.165, 1.54) is 0 Å². The number of nitrogens with two attached hydrogens (primary N) is 1. The molecule has 0 saturated carbocycles. The third-order valence-corrected chi connectivity index (χ3v) is 2.41. The zero-order valence-corrected chi connectivity index (χ0v) is 8.90. The molecule has 0 spiro atoms. The van der Waals surface area contributed by atoms with Gasteiger partial charge in [0.05, 0.1) is 11.6 Å². The average Bonchev–Trinajstić information content (AvgIpc) is 2.70. The first-order valence-electron chi connectivity index (χ1n) is 5.00. The van der Waals surface area contributed by atoms with Gasteiger partial charge in [-0.1, -0.05) is 12.1 Å². The number of nitriles is 1. The Morgan fingerprint density at radius 1 is 1.38 bits per heavy atom. The molecular weight excluding hydrogens is 202 g/mol. The molecule has 16 heavy (non-hydrogen) atoms. The lowest BCUT2D eigenvalue weighted by Gasteiger charge is -1.97. The van der Waals surface area contributed by atoms with Crippen molar-refractivity contribution in [1.29, 1.82) is 5.26 Å². The molecule has 0 bridgehead atoms. The van der Waals surface area contributed by atoms with Gasteiger partial charge in [0.2, 0.25) is 0 Å². The van der Waals surface area contributed by atoms with E-state index in [9.17, 15) is 0 Å². The van der Waals surface area contributed by atoms with Gasteiger partial charge >= 0.3 is 0 Å². The van der Waals surface area contributed by atoms with Crippen molar-refractivity contribution in [3.63, 3.8) is 0 Å². The Morgan fingerprint density at radius 2 is 2.06 bits per heavy atom. The summed E-state index contributed by atoms with van der Waals surface area (Å²) in [6, 6.07) is 9.11. The number of benzene rings is 1. The molecule has 0 fully saturated rings. The lowest BCUT2D eigenvalue weighted by molar-refractivity contribution is 0.424. The fraction of sp³-hybridized carbons (Fsp3) is 0.167. The molecule has 0 radical (unpaired) electrons. The number of hydrogen-bond donors (Lipinski definition) is 1. The van der Waals surface area contributed by atoms with Crippen molar-refractivity contribution in [3.8, 4) is 17.4 Å². The van der Waals surface area contributed by atoms with Crippen LogP contribution in [0.5, 0.6) is 0 Å².